The molecule has 0 rings (SSSR count). The van der Waals surface area contributed by atoms with Gasteiger partial charge < -0.3 is 27.9 Å². The van der Waals surface area contributed by atoms with E-state index in [2.05, 4.69) is 26.0 Å². The summed E-state index contributed by atoms with van der Waals surface area (Å²) in [5, 5.41) is 0. The molecule has 0 heterocycles. The summed E-state index contributed by atoms with van der Waals surface area (Å²) >= 11 is 0. The van der Waals surface area contributed by atoms with Crippen molar-refractivity contribution in [2.45, 2.75) is 232 Å². The van der Waals surface area contributed by atoms with Crippen molar-refractivity contribution in [3.63, 3.8) is 0 Å². The average Bonchev–Trinajstić information content (AvgIpc) is 3.16. The number of phosphoric acid groups is 1. The molecule has 0 aromatic carbocycles. The summed E-state index contributed by atoms with van der Waals surface area (Å²) in [4.78, 5) is 25.1. The predicted octanol–water partition coefficient (Wildman–Crippen LogP) is 14.1. The number of allylic oxidation sites excluding steroid dienone is 3. The van der Waals surface area contributed by atoms with Crippen molar-refractivity contribution in [1.82, 2.24) is 0 Å². The number of hydrogen-bond donors (Lipinski definition) is 0. The third kappa shape index (κ3) is 45.7. The number of esters is 1. The SMILES string of the molecule is CCCCCC/C=C/CCCCCCCCCCCC(=O)O[C@H](CO/C=C/CCCCCCCCCCCCCCCCCC)COP(=O)([O-])OCC[N+](C)(C)C. The molecule has 57 heavy (non-hydrogen) atoms. The Morgan fingerprint density at radius 1 is 0.544 bits per heavy atom. The van der Waals surface area contributed by atoms with Crippen molar-refractivity contribution in [1.29, 1.82) is 0 Å². The van der Waals surface area contributed by atoms with Crippen molar-refractivity contribution >= 4 is 13.8 Å². The number of hydrogen-bond acceptors (Lipinski definition) is 7. The van der Waals surface area contributed by atoms with Gasteiger partial charge in [0.15, 0.2) is 6.10 Å². The van der Waals surface area contributed by atoms with E-state index in [9.17, 15) is 14.3 Å². The molecule has 1 unspecified atom stereocenters. The number of carbonyl (C=O) groups is 1. The first-order chi connectivity index (χ1) is 27.6. The minimum Gasteiger partial charge on any atom is -0.756 e. The van der Waals surface area contributed by atoms with Crippen LogP contribution >= 0.6 is 7.82 Å². The molecule has 0 fully saturated rings. The second-order valence-corrected chi connectivity index (χ2v) is 19.0. The number of phosphoric ester groups is 1. The normalized spacial score (nSPS) is 13.8. The monoisotopic (exact) mass is 828 g/mol. The molecule has 338 valence electrons. The molecule has 0 bridgehead atoms. The molecule has 2 atom stereocenters. The molecule has 0 aromatic heterocycles. The molecule has 0 amide bonds. The van der Waals surface area contributed by atoms with Gasteiger partial charge in [-0.25, -0.2) is 0 Å². The Morgan fingerprint density at radius 2 is 0.930 bits per heavy atom. The van der Waals surface area contributed by atoms with Gasteiger partial charge in [0.25, 0.3) is 7.82 Å². The smallest absolute Gasteiger partial charge is 0.306 e. The maximum Gasteiger partial charge on any atom is 0.306 e. The first-order valence-corrected chi connectivity index (χ1v) is 25.6. The van der Waals surface area contributed by atoms with E-state index in [1.54, 1.807) is 6.26 Å². The van der Waals surface area contributed by atoms with E-state index in [0.29, 0.717) is 17.4 Å². The van der Waals surface area contributed by atoms with Crippen LogP contribution in [0.4, 0.5) is 0 Å². The molecule has 0 aliphatic carbocycles. The second-order valence-electron chi connectivity index (χ2n) is 17.5. The number of likely N-dealkylation sites (N-methyl/N-ethyl adjacent to an activating group) is 1. The summed E-state index contributed by atoms with van der Waals surface area (Å²) in [6, 6.07) is 0. The highest BCUT2D eigenvalue weighted by atomic mass is 31.2. The molecule has 0 saturated carbocycles. The van der Waals surface area contributed by atoms with Crippen LogP contribution < -0.4 is 4.89 Å². The largest absolute Gasteiger partial charge is 0.756 e. The van der Waals surface area contributed by atoms with Gasteiger partial charge in [-0.05, 0) is 51.0 Å². The maximum absolute atomic E-state index is 12.7. The Hall–Kier alpha value is -1.18. The fourth-order valence-electron chi connectivity index (χ4n) is 6.80. The number of rotatable bonds is 45. The standard InChI is InChI=1S/C48H94NO7P/c1-6-8-10-12-14-16-18-20-22-24-26-28-30-32-34-36-38-40-43-53-45-47(46-55-57(51,52)54-44-42-49(3,4)5)56-48(50)41-39-37-35-33-31-29-27-25-23-21-19-17-15-13-11-9-7-2/h17,19,40,43,47H,6-16,18,20-39,41-42,44-46H2,1-5H3/b19-17+,43-40+/t47-/m1/s1. The topological polar surface area (TPSA) is 94.1 Å². The van der Waals surface area contributed by atoms with E-state index >= 15 is 0 Å². The van der Waals surface area contributed by atoms with Crippen LogP contribution in [0.5, 0.6) is 0 Å². The predicted molar refractivity (Wildman–Crippen MR) is 240 cm³/mol. The number of unbranched alkanes of at least 4 members (excludes halogenated alkanes) is 29. The Labute approximate surface area is 353 Å². The van der Waals surface area contributed by atoms with Crippen LogP contribution in [0.1, 0.15) is 226 Å². The van der Waals surface area contributed by atoms with E-state index in [-0.39, 0.29) is 25.8 Å². The summed E-state index contributed by atoms with van der Waals surface area (Å²) in [6.45, 7) is 4.76. The van der Waals surface area contributed by atoms with Gasteiger partial charge in [-0.3, -0.25) is 9.36 Å². The van der Waals surface area contributed by atoms with Crippen LogP contribution in [-0.4, -0.2) is 64.1 Å². The third-order valence-corrected chi connectivity index (χ3v) is 11.5. The zero-order valence-corrected chi connectivity index (χ0v) is 39.2. The summed E-state index contributed by atoms with van der Waals surface area (Å²) in [5.41, 5.74) is 0. The minimum atomic E-state index is -4.54. The zero-order chi connectivity index (χ0) is 42.0. The molecule has 0 aliphatic heterocycles. The first-order valence-electron chi connectivity index (χ1n) is 24.1. The maximum atomic E-state index is 12.7. The van der Waals surface area contributed by atoms with Crippen LogP contribution in [0.25, 0.3) is 0 Å². The highest BCUT2D eigenvalue weighted by Crippen LogP contribution is 2.38. The summed E-state index contributed by atoms with van der Waals surface area (Å²) < 4.78 is 34.4. The van der Waals surface area contributed by atoms with Gasteiger partial charge in [0.1, 0.15) is 19.8 Å². The molecule has 0 radical (unpaired) electrons. The van der Waals surface area contributed by atoms with Crippen molar-refractivity contribution in [2.75, 3.05) is 47.5 Å². The summed E-state index contributed by atoms with van der Waals surface area (Å²) in [5.74, 6) is -0.356. The van der Waals surface area contributed by atoms with E-state index in [1.165, 1.54) is 173 Å². The highest BCUT2D eigenvalue weighted by molar-refractivity contribution is 7.45. The molecule has 0 aliphatic rings. The lowest BCUT2D eigenvalue weighted by molar-refractivity contribution is -0.870. The molecular weight excluding hydrogens is 734 g/mol. The first kappa shape index (κ1) is 55.8. The highest BCUT2D eigenvalue weighted by Gasteiger charge is 2.20. The Kier molecular flexibility index (Phi) is 40.7. The van der Waals surface area contributed by atoms with Gasteiger partial charge in [-0.1, -0.05) is 187 Å². The Morgan fingerprint density at radius 3 is 1.37 bits per heavy atom. The van der Waals surface area contributed by atoms with Crippen LogP contribution in [0, 0.1) is 0 Å². The molecule has 9 heteroatoms. The molecular formula is C48H94NO7P. The van der Waals surface area contributed by atoms with Crippen LogP contribution in [0.15, 0.2) is 24.5 Å². The fourth-order valence-corrected chi connectivity index (χ4v) is 7.53. The van der Waals surface area contributed by atoms with Gasteiger partial charge in [-0.2, -0.15) is 0 Å². The fraction of sp³-hybridized carbons (Fsp3) is 0.896. The van der Waals surface area contributed by atoms with Gasteiger partial charge in [0.2, 0.25) is 0 Å². The number of quaternary nitrogens is 1. The van der Waals surface area contributed by atoms with Crippen molar-refractivity contribution < 1.29 is 37.3 Å². The molecule has 0 aromatic rings. The van der Waals surface area contributed by atoms with Crippen LogP contribution in [0.3, 0.4) is 0 Å². The van der Waals surface area contributed by atoms with Crippen LogP contribution in [0.2, 0.25) is 0 Å². The average molecular weight is 828 g/mol. The lowest BCUT2D eigenvalue weighted by Gasteiger charge is -2.28. The number of ether oxygens (including phenoxy) is 2. The molecule has 8 nitrogen and oxygen atoms in total. The number of carbonyl (C=O) groups excluding carboxylic acids is 1. The Balaban J connectivity index is 4.21. The van der Waals surface area contributed by atoms with E-state index < -0.39 is 13.9 Å². The van der Waals surface area contributed by atoms with Gasteiger partial charge in [0.05, 0.1) is 34.0 Å². The molecule has 0 spiro atoms. The van der Waals surface area contributed by atoms with Gasteiger partial charge >= 0.3 is 5.97 Å². The quantitative estimate of drug-likeness (QED) is 0.0151. The van der Waals surface area contributed by atoms with E-state index in [4.69, 9.17) is 18.5 Å². The zero-order valence-electron chi connectivity index (χ0n) is 38.3. The summed E-state index contributed by atoms with van der Waals surface area (Å²) in [6.07, 6.45) is 48.6. The summed E-state index contributed by atoms with van der Waals surface area (Å²) in [7, 11) is 1.33. The lowest BCUT2D eigenvalue weighted by atomic mass is 10.0. The van der Waals surface area contributed by atoms with E-state index in [0.717, 1.165) is 32.1 Å². The van der Waals surface area contributed by atoms with E-state index in [1.807, 2.05) is 27.2 Å². The third-order valence-electron chi connectivity index (χ3n) is 10.6. The van der Waals surface area contributed by atoms with Crippen LogP contribution in [-0.2, 0) is 27.9 Å². The van der Waals surface area contributed by atoms with Crippen molar-refractivity contribution in [3.8, 4) is 0 Å². The van der Waals surface area contributed by atoms with Gasteiger partial charge in [0, 0.05) is 6.42 Å². The van der Waals surface area contributed by atoms with Crippen molar-refractivity contribution in [2.24, 2.45) is 0 Å². The minimum absolute atomic E-state index is 0.0181. The molecule has 0 N–H and O–H groups in total. The van der Waals surface area contributed by atoms with Gasteiger partial charge in [-0.15, -0.1) is 0 Å². The number of nitrogens with zero attached hydrogens (tertiary/aromatic N) is 1. The molecule has 0 saturated heterocycles. The second kappa shape index (κ2) is 41.5. The Bertz CT molecular complexity index is 967. The lowest BCUT2D eigenvalue weighted by Crippen LogP contribution is -2.37. The van der Waals surface area contributed by atoms with Crippen molar-refractivity contribution in [3.05, 3.63) is 24.5 Å².